The van der Waals surface area contributed by atoms with Crippen LogP contribution in [0.3, 0.4) is 0 Å². The lowest BCUT2D eigenvalue weighted by molar-refractivity contribution is -0.111. The molecule has 0 aliphatic carbocycles. The molecule has 0 unspecified atom stereocenters. The maximum absolute atomic E-state index is 12.0. The summed E-state index contributed by atoms with van der Waals surface area (Å²) >= 11 is 5.96. The first-order chi connectivity index (χ1) is 11.1. The Kier molecular flexibility index (Phi) is 2.99. The van der Waals surface area contributed by atoms with Crippen molar-refractivity contribution < 1.29 is 9.59 Å². The van der Waals surface area contributed by atoms with Gasteiger partial charge in [-0.05, 0) is 24.3 Å². The summed E-state index contributed by atoms with van der Waals surface area (Å²) in [7, 11) is 0. The Morgan fingerprint density at radius 1 is 0.783 bits per heavy atom. The van der Waals surface area contributed by atoms with Crippen LogP contribution in [0.5, 0.6) is 0 Å². The fraction of sp³-hybridized carbons (Fsp3) is 0. The quantitative estimate of drug-likeness (QED) is 0.790. The summed E-state index contributed by atoms with van der Waals surface area (Å²) in [6.45, 7) is 0. The number of nitrogens with one attached hydrogen (secondary N) is 2. The second kappa shape index (κ2) is 5.03. The number of amides is 2. The van der Waals surface area contributed by atoms with Crippen LogP contribution >= 0.6 is 11.6 Å². The highest BCUT2D eigenvalue weighted by Gasteiger charge is 2.28. The number of para-hydroxylation sites is 1. The summed E-state index contributed by atoms with van der Waals surface area (Å²) in [6, 6.07) is 12.2. The SMILES string of the molecule is O=C1Nc2ccccc2/C1=N/N=C1\C(=O)Nc2ccc(Cl)cc21. The molecular weight excluding hydrogens is 316 g/mol. The Hall–Kier alpha value is -2.99. The third kappa shape index (κ3) is 2.20. The molecule has 0 aromatic heterocycles. The summed E-state index contributed by atoms with van der Waals surface area (Å²) in [5.74, 6) is -0.724. The smallest absolute Gasteiger partial charge is 0.276 e. The van der Waals surface area contributed by atoms with Gasteiger partial charge >= 0.3 is 0 Å². The van der Waals surface area contributed by atoms with E-state index in [1.807, 2.05) is 6.07 Å². The van der Waals surface area contributed by atoms with Gasteiger partial charge in [0.15, 0.2) is 11.4 Å². The predicted molar refractivity (Wildman–Crippen MR) is 88.2 cm³/mol. The number of rotatable bonds is 1. The second-order valence-corrected chi connectivity index (χ2v) is 5.48. The van der Waals surface area contributed by atoms with Crippen molar-refractivity contribution in [3.63, 3.8) is 0 Å². The van der Waals surface area contributed by atoms with Crippen LogP contribution in [-0.2, 0) is 9.59 Å². The largest absolute Gasteiger partial charge is 0.320 e. The van der Waals surface area contributed by atoms with Crippen LogP contribution in [0.15, 0.2) is 52.7 Å². The molecule has 2 aromatic rings. The zero-order valence-electron chi connectivity index (χ0n) is 11.6. The van der Waals surface area contributed by atoms with Gasteiger partial charge in [0.25, 0.3) is 11.8 Å². The highest BCUT2D eigenvalue weighted by molar-refractivity contribution is 6.55. The number of hydrogen-bond donors (Lipinski definition) is 2. The highest BCUT2D eigenvalue weighted by Crippen LogP contribution is 2.27. The molecule has 2 amide bonds. The van der Waals surface area contributed by atoms with Gasteiger partial charge in [0.05, 0.1) is 11.4 Å². The van der Waals surface area contributed by atoms with Crippen LogP contribution in [-0.4, -0.2) is 23.2 Å². The van der Waals surface area contributed by atoms with E-state index in [1.165, 1.54) is 0 Å². The molecule has 23 heavy (non-hydrogen) atoms. The number of fused-ring (bicyclic) bond motifs is 2. The molecule has 0 spiro atoms. The molecule has 0 fully saturated rings. The molecule has 0 bridgehead atoms. The topological polar surface area (TPSA) is 82.9 Å². The van der Waals surface area contributed by atoms with Gasteiger partial charge in [-0.2, -0.15) is 0 Å². The van der Waals surface area contributed by atoms with Crippen molar-refractivity contribution in [1.29, 1.82) is 0 Å². The van der Waals surface area contributed by atoms with Crippen molar-refractivity contribution in [2.24, 2.45) is 10.2 Å². The standard InChI is InChI=1S/C16H9ClN4O2/c17-8-5-6-12-10(7-8)14(16(23)19-12)21-20-13-9-3-1-2-4-11(9)18-15(13)22/h1-7H,(H,18,20,22)(H,19,21,23). The fourth-order valence-corrected chi connectivity index (χ4v) is 2.70. The van der Waals surface area contributed by atoms with Crippen LogP contribution in [0.4, 0.5) is 11.4 Å². The molecule has 7 heteroatoms. The number of hydrogen-bond acceptors (Lipinski definition) is 4. The third-order valence-corrected chi connectivity index (χ3v) is 3.83. The van der Waals surface area contributed by atoms with Crippen LogP contribution in [0.2, 0.25) is 5.02 Å². The molecule has 0 saturated heterocycles. The van der Waals surface area contributed by atoms with E-state index < -0.39 is 0 Å². The molecule has 0 radical (unpaired) electrons. The fourth-order valence-electron chi connectivity index (χ4n) is 2.53. The molecule has 2 aliphatic heterocycles. The van der Waals surface area contributed by atoms with Crippen LogP contribution in [0.1, 0.15) is 11.1 Å². The highest BCUT2D eigenvalue weighted by atomic mass is 35.5. The van der Waals surface area contributed by atoms with E-state index in [0.29, 0.717) is 27.5 Å². The van der Waals surface area contributed by atoms with Gasteiger partial charge in [-0.25, -0.2) is 0 Å². The first-order valence-electron chi connectivity index (χ1n) is 6.81. The predicted octanol–water partition coefficient (Wildman–Crippen LogP) is 2.44. The maximum atomic E-state index is 12.0. The molecule has 4 rings (SSSR count). The molecular formula is C16H9ClN4O2. The number of nitrogens with zero attached hydrogens (tertiary/aromatic N) is 2. The van der Waals surface area contributed by atoms with E-state index in [2.05, 4.69) is 20.8 Å². The van der Waals surface area contributed by atoms with Gasteiger partial charge in [-0.1, -0.05) is 29.8 Å². The second-order valence-electron chi connectivity index (χ2n) is 5.04. The summed E-state index contributed by atoms with van der Waals surface area (Å²) in [5.41, 5.74) is 2.83. The van der Waals surface area contributed by atoms with Gasteiger partial charge < -0.3 is 10.6 Å². The molecule has 6 nitrogen and oxygen atoms in total. The molecule has 2 heterocycles. The maximum Gasteiger partial charge on any atom is 0.276 e. The number of carbonyl (C=O) groups is 2. The van der Waals surface area contributed by atoms with Crippen molar-refractivity contribution in [2.75, 3.05) is 10.6 Å². The van der Waals surface area contributed by atoms with E-state index in [0.717, 1.165) is 0 Å². The molecule has 0 saturated carbocycles. The molecule has 2 aliphatic rings. The van der Waals surface area contributed by atoms with Crippen LogP contribution in [0, 0.1) is 0 Å². The minimum atomic E-state index is -0.377. The number of halogens is 1. The first kappa shape index (κ1) is 13.7. The molecule has 2 N–H and O–H groups in total. The monoisotopic (exact) mass is 324 g/mol. The van der Waals surface area contributed by atoms with Crippen LogP contribution < -0.4 is 10.6 Å². The Labute approximate surface area is 135 Å². The molecule has 2 aromatic carbocycles. The van der Waals surface area contributed by atoms with E-state index in [1.54, 1.807) is 36.4 Å². The lowest BCUT2D eigenvalue weighted by atomic mass is 10.1. The normalized spacial score (nSPS) is 18.8. The van der Waals surface area contributed by atoms with Gasteiger partial charge in [0.1, 0.15) is 0 Å². The first-order valence-corrected chi connectivity index (χ1v) is 7.19. The van der Waals surface area contributed by atoms with E-state index >= 15 is 0 Å². The van der Waals surface area contributed by atoms with Gasteiger partial charge in [-0.15, -0.1) is 10.2 Å². The van der Waals surface area contributed by atoms with Crippen molar-refractivity contribution in [3.05, 3.63) is 58.6 Å². The lowest BCUT2D eigenvalue weighted by Gasteiger charge is -1.97. The summed E-state index contributed by atoms with van der Waals surface area (Å²) < 4.78 is 0. The zero-order chi connectivity index (χ0) is 16.0. The van der Waals surface area contributed by atoms with Crippen molar-refractivity contribution in [3.8, 4) is 0 Å². The Balaban J connectivity index is 1.79. The minimum Gasteiger partial charge on any atom is -0.320 e. The lowest BCUT2D eigenvalue weighted by Crippen LogP contribution is -2.16. The number of carbonyl (C=O) groups excluding carboxylic acids is 2. The summed E-state index contributed by atoms with van der Waals surface area (Å²) in [4.78, 5) is 24.0. The van der Waals surface area contributed by atoms with Crippen molar-refractivity contribution in [2.45, 2.75) is 0 Å². The number of anilines is 2. The van der Waals surface area contributed by atoms with E-state index in [4.69, 9.17) is 11.6 Å². The third-order valence-electron chi connectivity index (χ3n) is 3.60. The Bertz CT molecular complexity index is 933. The number of benzene rings is 2. The Morgan fingerprint density at radius 2 is 1.39 bits per heavy atom. The average molecular weight is 325 g/mol. The van der Waals surface area contributed by atoms with Crippen molar-refractivity contribution >= 4 is 46.2 Å². The van der Waals surface area contributed by atoms with Gasteiger partial charge in [0.2, 0.25) is 0 Å². The minimum absolute atomic E-state index is 0.132. The summed E-state index contributed by atoms with van der Waals surface area (Å²) in [5, 5.41) is 13.9. The zero-order valence-corrected chi connectivity index (χ0v) is 12.4. The van der Waals surface area contributed by atoms with E-state index in [9.17, 15) is 9.59 Å². The Morgan fingerprint density at radius 3 is 2.13 bits per heavy atom. The molecule has 0 atom stereocenters. The van der Waals surface area contributed by atoms with Crippen molar-refractivity contribution in [1.82, 2.24) is 0 Å². The average Bonchev–Trinajstić information content (AvgIpc) is 3.01. The van der Waals surface area contributed by atoms with E-state index in [-0.39, 0.29) is 23.2 Å². The summed E-state index contributed by atoms with van der Waals surface area (Å²) in [6.07, 6.45) is 0. The van der Waals surface area contributed by atoms with Gasteiger partial charge in [0, 0.05) is 16.1 Å². The molecule has 112 valence electrons. The van der Waals surface area contributed by atoms with Gasteiger partial charge in [-0.3, -0.25) is 9.59 Å². The van der Waals surface area contributed by atoms with Crippen LogP contribution in [0.25, 0.3) is 0 Å².